The number of methoxy groups -OCH3 is 1. The second-order valence-electron chi connectivity index (χ2n) is 4.60. The molecule has 0 saturated carbocycles. The third-order valence-corrected chi connectivity index (χ3v) is 3.33. The molecule has 1 atom stereocenters. The van der Waals surface area contributed by atoms with Gasteiger partial charge in [0.05, 0.1) is 12.8 Å². The number of ether oxygens (including phenoxy) is 1. The van der Waals surface area contributed by atoms with Crippen molar-refractivity contribution in [1.29, 1.82) is 0 Å². The molecule has 0 fully saturated rings. The largest absolute Gasteiger partial charge is 0.496 e. The van der Waals surface area contributed by atoms with E-state index in [1.807, 2.05) is 13.0 Å². The number of aromatic nitrogens is 2. The minimum Gasteiger partial charge on any atom is -0.496 e. The zero-order chi connectivity index (χ0) is 13.8. The van der Waals surface area contributed by atoms with Crippen LogP contribution in [0.2, 0.25) is 0 Å². The number of aryl methyl sites for hydroxylation is 2. The predicted molar refractivity (Wildman–Crippen MR) is 75.4 cm³/mol. The number of rotatable bonds is 4. The number of hydrogen-bond donors (Lipinski definition) is 1. The van der Waals surface area contributed by atoms with E-state index in [2.05, 4.69) is 23.0 Å². The SMILES string of the molecule is COc1cc(C)c(C(CN)c2cnccn2)cc1C. The fraction of sp³-hybridized carbons (Fsp3) is 0.333. The fourth-order valence-electron chi connectivity index (χ4n) is 2.30. The molecule has 4 heteroatoms. The maximum atomic E-state index is 5.93. The van der Waals surface area contributed by atoms with E-state index in [1.165, 1.54) is 5.56 Å². The van der Waals surface area contributed by atoms with Gasteiger partial charge in [-0.1, -0.05) is 6.07 Å². The van der Waals surface area contributed by atoms with Crippen molar-refractivity contribution in [3.05, 3.63) is 53.1 Å². The number of benzene rings is 1. The molecule has 0 amide bonds. The van der Waals surface area contributed by atoms with E-state index in [1.54, 1.807) is 25.7 Å². The Bertz CT molecular complexity index is 555. The molecule has 0 aliphatic carbocycles. The van der Waals surface area contributed by atoms with Gasteiger partial charge in [0.15, 0.2) is 0 Å². The Labute approximate surface area is 113 Å². The Morgan fingerprint density at radius 2 is 2.00 bits per heavy atom. The van der Waals surface area contributed by atoms with Gasteiger partial charge in [-0.3, -0.25) is 9.97 Å². The average Bonchev–Trinajstić information content (AvgIpc) is 2.44. The first-order valence-corrected chi connectivity index (χ1v) is 6.28. The zero-order valence-corrected chi connectivity index (χ0v) is 11.6. The van der Waals surface area contributed by atoms with Crippen LogP contribution in [0.5, 0.6) is 5.75 Å². The van der Waals surface area contributed by atoms with Gasteiger partial charge < -0.3 is 10.5 Å². The third kappa shape index (κ3) is 2.74. The lowest BCUT2D eigenvalue weighted by molar-refractivity contribution is 0.411. The maximum Gasteiger partial charge on any atom is 0.122 e. The molecule has 19 heavy (non-hydrogen) atoms. The van der Waals surface area contributed by atoms with Crippen molar-refractivity contribution in [3.8, 4) is 5.75 Å². The van der Waals surface area contributed by atoms with Gasteiger partial charge in [0, 0.05) is 31.1 Å². The zero-order valence-electron chi connectivity index (χ0n) is 11.6. The summed E-state index contributed by atoms with van der Waals surface area (Å²) in [5, 5.41) is 0. The van der Waals surface area contributed by atoms with Crippen LogP contribution in [-0.4, -0.2) is 23.6 Å². The van der Waals surface area contributed by atoms with E-state index in [4.69, 9.17) is 10.5 Å². The van der Waals surface area contributed by atoms with E-state index >= 15 is 0 Å². The van der Waals surface area contributed by atoms with Crippen LogP contribution in [0.3, 0.4) is 0 Å². The molecule has 0 bridgehead atoms. The number of hydrogen-bond acceptors (Lipinski definition) is 4. The number of nitrogens with two attached hydrogens (primary N) is 1. The minimum absolute atomic E-state index is 0.0679. The summed E-state index contributed by atoms with van der Waals surface area (Å²) in [5.41, 5.74) is 10.3. The van der Waals surface area contributed by atoms with Crippen LogP contribution < -0.4 is 10.5 Å². The summed E-state index contributed by atoms with van der Waals surface area (Å²) in [5.74, 6) is 0.967. The van der Waals surface area contributed by atoms with Gasteiger partial charge in [0.25, 0.3) is 0 Å². The standard InChI is InChI=1S/C15H19N3O/c1-10-7-15(19-3)11(2)6-12(10)13(8-16)14-9-17-4-5-18-14/h4-7,9,13H,8,16H2,1-3H3. The van der Waals surface area contributed by atoms with Gasteiger partial charge in [-0.05, 0) is 36.6 Å². The van der Waals surface area contributed by atoms with Gasteiger partial charge in [0.1, 0.15) is 5.75 Å². The fourth-order valence-corrected chi connectivity index (χ4v) is 2.30. The molecule has 1 aromatic carbocycles. The highest BCUT2D eigenvalue weighted by Crippen LogP contribution is 2.30. The van der Waals surface area contributed by atoms with Crippen LogP contribution in [0.1, 0.15) is 28.3 Å². The molecule has 4 nitrogen and oxygen atoms in total. The molecule has 1 aromatic heterocycles. The molecular weight excluding hydrogens is 238 g/mol. The van der Waals surface area contributed by atoms with Gasteiger partial charge in [-0.25, -0.2) is 0 Å². The maximum absolute atomic E-state index is 5.93. The normalized spacial score (nSPS) is 12.2. The quantitative estimate of drug-likeness (QED) is 0.912. The van der Waals surface area contributed by atoms with Crippen molar-refractivity contribution in [3.63, 3.8) is 0 Å². The first-order chi connectivity index (χ1) is 9.17. The van der Waals surface area contributed by atoms with Crippen molar-refractivity contribution in [2.24, 2.45) is 5.73 Å². The van der Waals surface area contributed by atoms with Crippen molar-refractivity contribution in [2.45, 2.75) is 19.8 Å². The summed E-state index contributed by atoms with van der Waals surface area (Å²) < 4.78 is 5.34. The lowest BCUT2D eigenvalue weighted by Crippen LogP contribution is -2.16. The Morgan fingerprint density at radius 1 is 1.21 bits per heavy atom. The second kappa shape index (κ2) is 5.80. The summed E-state index contributed by atoms with van der Waals surface area (Å²) in [7, 11) is 1.69. The average molecular weight is 257 g/mol. The van der Waals surface area contributed by atoms with Crippen LogP contribution in [0.4, 0.5) is 0 Å². The lowest BCUT2D eigenvalue weighted by Gasteiger charge is -2.19. The van der Waals surface area contributed by atoms with Crippen LogP contribution in [-0.2, 0) is 0 Å². The molecule has 0 aliphatic rings. The van der Waals surface area contributed by atoms with Crippen molar-refractivity contribution < 1.29 is 4.74 Å². The minimum atomic E-state index is 0.0679. The second-order valence-corrected chi connectivity index (χ2v) is 4.60. The van der Waals surface area contributed by atoms with Crippen LogP contribution in [0, 0.1) is 13.8 Å². The molecule has 2 rings (SSSR count). The van der Waals surface area contributed by atoms with Gasteiger partial charge in [0.2, 0.25) is 0 Å². The smallest absolute Gasteiger partial charge is 0.122 e. The summed E-state index contributed by atoms with van der Waals surface area (Å²) in [6.45, 7) is 4.60. The topological polar surface area (TPSA) is 61.0 Å². The summed E-state index contributed by atoms with van der Waals surface area (Å²) in [4.78, 5) is 8.49. The molecule has 0 radical (unpaired) electrons. The Morgan fingerprint density at radius 3 is 2.58 bits per heavy atom. The highest BCUT2D eigenvalue weighted by Gasteiger charge is 2.17. The number of nitrogens with zero attached hydrogens (tertiary/aromatic N) is 2. The lowest BCUT2D eigenvalue weighted by atomic mass is 9.90. The van der Waals surface area contributed by atoms with Crippen molar-refractivity contribution in [1.82, 2.24) is 9.97 Å². The van der Waals surface area contributed by atoms with Crippen LogP contribution in [0.25, 0.3) is 0 Å². The van der Waals surface area contributed by atoms with E-state index < -0.39 is 0 Å². The molecule has 1 unspecified atom stereocenters. The van der Waals surface area contributed by atoms with Crippen LogP contribution >= 0.6 is 0 Å². The third-order valence-electron chi connectivity index (χ3n) is 3.33. The van der Waals surface area contributed by atoms with Crippen LogP contribution in [0.15, 0.2) is 30.7 Å². The predicted octanol–water partition coefficient (Wildman–Crippen LogP) is 2.19. The van der Waals surface area contributed by atoms with Gasteiger partial charge >= 0.3 is 0 Å². The molecular formula is C15H19N3O. The molecule has 0 spiro atoms. The van der Waals surface area contributed by atoms with Gasteiger partial charge in [-0.15, -0.1) is 0 Å². The van der Waals surface area contributed by atoms with E-state index in [0.29, 0.717) is 6.54 Å². The molecule has 1 heterocycles. The Balaban J connectivity index is 2.47. The molecule has 2 aromatic rings. The van der Waals surface area contributed by atoms with Crippen molar-refractivity contribution >= 4 is 0 Å². The van der Waals surface area contributed by atoms with E-state index in [-0.39, 0.29) is 5.92 Å². The molecule has 0 saturated heterocycles. The summed E-state index contributed by atoms with van der Waals surface area (Å²) >= 11 is 0. The summed E-state index contributed by atoms with van der Waals surface area (Å²) in [6, 6.07) is 4.17. The van der Waals surface area contributed by atoms with E-state index in [9.17, 15) is 0 Å². The Kier molecular flexibility index (Phi) is 4.12. The first-order valence-electron chi connectivity index (χ1n) is 6.28. The first kappa shape index (κ1) is 13.5. The molecule has 2 N–H and O–H groups in total. The van der Waals surface area contributed by atoms with Crippen molar-refractivity contribution in [2.75, 3.05) is 13.7 Å². The highest BCUT2D eigenvalue weighted by molar-refractivity contribution is 5.45. The van der Waals surface area contributed by atoms with Gasteiger partial charge in [-0.2, -0.15) is 0 Å². The Hall–Kier alpha value is -1.94. The molecule has 100 valence electrons. The monoisotopic (exact) mass is 257 g/mol. The summed E-state index contributed by atoms with van der Waals surface area (Å²) in [6.07, 6.45) is 5.14. The molecule has 0 aliphatic heterocycles. The highest BCUT2D eigenvalue weighted by atomic mass is 16.5. The van der Waals surface area contributed by atoms with E-state index in [0.717, 1.165) is 22.6 Å².